The van der Waals surface area contributed by atoms with E-state index in [1.165, 1.54) is 18.2 Å². The lowest BCUT2D eigenvalue weighted by Gasteiger charge is -2.08. The Bertz CT molecular complexity index is 560. The van der Waals surface area contributed by atoms with Crippen molar-refractivity contribution in [2.75, 3.05) is 11.9 Å². The van der Waals surface area contributed by atoms with Crippen LogP contribution in [0.4, 0.5) is 5.69 Å². The number of aliphatic hydroxyl groups is 1. The lowest BCUT2D eigenvalue weighted by molar-refractivity contribution is -0.116. The van der Waals surface area contributed by atoms with Gasteiger partial charge in [0.05, 0.1) is 10.6 Å². The highest BCUT2D eigenvalue weighted by molar-refractivity contribution is 9.10. The Balaban J connectivity index is 2.73. The molecule has 0 atom stereocenters. The Morgan fingerprint density at radius 3 is 2.58 bits per heavy atom. The monoisotopic (exact) mass is 350 g/mol. The Hall–Kier alpha value is -0.960. The number of anilines is 1. The number of carbonyl (C=O) groups is 1. The van der Waals surface area contributed by atoms with Crippen LogP contribution >= 0.6 is 15.9 Å². The molecule has 0 bridgehead atoms. The van der Waals surface area contributed by atoms with Crippen molar-refractivity contribution in [3.63, 3.8) is 0 Å². The second-order valence-electron chi connectivity index (χ2n) is 3.92. The van der Waals surface area contributed by atoms with Crippen molar-refractivity contribution < 1.29 is 18.3 Å². The van der Waals surface area contributed by atoms with E-state index in [1.54, 1.807) is 0 Å². The molecule has 6 nitrogen and oxygen atoms in total. The molecule has 0 aromatic heterocycles. The van der Waals surface area contributed by atoms with Gasteiger partial charge in [0.1, 0.15) is 0 Å². The summed E-state index contributed by atoms with van der Waals surface area (Å²) >= 11 is 3.18. The first-order chi connectivity index (χ1) is 8.84. The number of primary sulfonamides is 1. The highest BCUT2D eigenvalue weighted by Crippen LogP contribution is 2.25. The van der Waals surface area contributed by atoms with Gasteiger partial charge in [0.2, 0.25) is 15.9 Å². The third kappa shape index (κ3) is 5.27. The number of halogens is 1. The van der Waals surface area contributed by atoms with Gasteiger partial charge in [0, 0.05) is 17.5 Å². The van der Waals surface area contributed by atoms with Gasteiger partial charge in [0.15, 0.2) is 0 Å². The average molecular weight is 351 g/mol. The van der Waals surface area contributed by atoms with Crippen LogP contribution in [0.2, 0.25) is 0 Å². The van der Waals surface area contributed by atoms with E-state index in [4.69, 9.17) is 10.2 Å². The van der Waals surface area contributed by atoms with Gasteiger partial charge in [-0.1, -0.05) is 0 Å². The Kier molecular flexibility index (Phi) is 5.92. The molecule has 1 aromatic rings. The molecule has 1 amide bonds. The summed E-state index contributed by atoms with van der Waals surface area (Å²) in [5, 5.41) is 16.3. The molecule has 19 heavy (non-hydrogen) atoms. The Labute approximate surface area is 120 Å². The number of carbonyl (C=O) groups excluding carboxylic acids is 1. The number of hydrogen-bond acceptors (Lipinski definition) is 4. The largest absolute Gasteiger partial charge is 0.396 e. The normalized spacial score (nSPS) is 11.3. The van der Waals surface area contributed by atoms with E-state index in [0.717, 1.165) is 0 Å². The van der Waals surface area contributed by atoms with Gasteiger partial charge in [-0.3, -0.25) is 4.79 Å². The van der Waals surface area contributed by atoms with Crippen LogP contribution in [0.15, 0.2) is 27.6 Å². The molecule has 8 heteroatoms. The van der Waals surface area contributed by atoms with Crippen molar-refractivity contribution in [3.8, 4) is 0 Å². The molecule has 0 radical (unpaired) electrons. The molecule has 106 valence electrons. The number of benzene rings is 1. The molecule has 0 saturated heterocycles. The van der Waals surface area contributed by atoms with Gasteiger partial charge in [-0.25, -0.2) is 13.6 Å². The minimum atomic E-state index is -3.76. The van der Waals surface area contributed by atoms with Crippen molar-refractivity contribution in [1.82, 2.24) is 0 Å². The standard InChI is InChI=1S/C11H15BrN2O4S/c12-9-7-8(19(13,17)18)4-5-10(9)14-11(16)3-1-2-6-15/h4-5,7,15H,1-3,6H2,(H,14,16)(H2,13,17,18). The van der Waals surface area contributed by atoms with Gasteiger partial charge < -0.3 is 10.4 Å². The topological polar surface area (TPSA) is 109 Å². The van der Waals surface area contributed by atoms with Gasteiger partial charge >= 0.3 is 0 Å². The SMILES string of the molecule is NS(=O)(=O)c1ccc(NC(=O)CCCCO)c(Br)c1. The fourth-order valence-corrected chi connectivity index (χ4v) is 2.55. The zero-order chi connectivity index (χ0) is 14.5. The molecule has 1 rings (SSSR count). The summed E-state index contributed by atoms with van der Waals surface area (Å²) in [5.74, 6) is -0.197. The maximum atomic E-state index is 11.6. The van der Waals surface area contributed by atoms with E-state index in [2.05, 4.69) is 21.2 Å². The van der Waals surface area contributed by atoms with Gasteiger partial charge in [-0.2, -0.15) is 0 Å². The molecule has 0 spiro atoms. The highest BCUT2D eigenvalue weighted by Gasteiger charge is 2.11. The van der Waals surface area contributed by atoms with Crippen LogP contribution in [0.3, 0.4) is 0 Å². The minimum Gasteiger partial charge on any atom is -0.396 e. The van der Waals surface area contributed by atoms with E-state index < -0.39 is 10.0 Å². The van der Waals surface area contributed by atoms with Crippen LogP contribution < -0.4 is 10.5 Å². The molecular formula is C11H15BrN2O4S. The summed E-state index contributed by atoms with van der Waals surface area (Å²) < 4.78 is 22.7. The third-order valence-corrected chi connectivity index (χ3v) is 3.92. The molecule has 0 unspecified atom stereocenters. The predicted octanol–water partition coefficient (Wildman–Crippen LogP) is 1.20. The molecule has 0 fully saturated rings. The lowest BCUT2D eigenvalue weighted by Crippen LogP contribution is -2.14. The number of amides is 1. The number of hydrogen-bond donors (Lipinski definition) is 3. The van der Waals surface area contributed by atoms with Gasteiger partial charge in [0.25, 0.3) is 0 Å². The number of unbranched alkanes of at least 4 members (excludes halogenated alkanes) is 1. The highest BCUT2D eigenvalue weighted by atomic mass is 79.9. The number of rotatable bonds is 6. The number of aliphatic hydroxyl groups excluding tert-OH is 1. The van der Waals surface area contributed by atoms with Crippen molar-refractivity contribution in [3.05, 3.63) is 22.7 Å². The summed E-state index contributed by atoms with van der Waals surface area (Å²) in [6, 6.07) is 4.12. The van der Waals surface area contributed by atoms with E-state index >= 15 is 0 Å². The summed E-state index contributed by atoms with van der Waals surface area (Å²) in [6.45, 7) is 0.0556. The summed E-state index contributed by atoms with van der Waals surface area (Å²) in [7, 11) is -3.76. The van der Waals surface area contributed by atoms with Crippen molar-refractivity contribution >= 4 is 37.5 Å². The van der Waals surface area contributed by atoms with E-state index in [9.17, 15) is 13.2 Å². The van der Waals surface area contributed by atoms with Gasteiger partial charge in [-0.15, -0.1) is 0 Å². The zero-order valence-electron chi connectivity index (χ0n) is 10.1. The maximum Gasteiger partial charge on any atom is 0.238 e. The molecule has 1 aromatic carbocycles. The second kappa shape index (κ2) is 6.99. The smallest absolute Gasteiger partial charge is 0.238 e. The third-order valence-electron chi connectivity index (χ3n) is 2.36. The molecule has 0 heterocycles. The first-order valence-corrected chi connectivity index (χ1v) is 7.91. The zero-order valence-corrected chi connectivity index (χ0v) is 12.5. The lowest BCUT2D eigenvalue weighted by atomic mass is 10.2. The molecule has 0 aliphatic rings. The number of nitrogens with one attached hydrogen (secondary N) is 1. The predicted molar refractivity (Wildman–Crippen MR) is 75.1 cm³/mol. The first kappa shape index (κ1) is 16.1. The van der Waals surface area contributed by atoms with Crippen molar-refractivity contribution in [2.45, 2.75) is 24.2 Å². The summed E-state index contributed by atoms with van der Waals surface area (Å²) in [4.78, 5) is 11.5. The summed E-state index contributed by atoms with van der Waals surface area (Å²) in [6.07, 6.45) is 1.46. The first-order valence-electron chi connectivity index (χ1n) is 5.57. The molecule has 0 aliphatic carbocycles. The van der Waals surface area contributed by atoms with Crippen LogP contribution in [-0.4, -0.2) is 26.0 Å². The number of nitrogens with two attached hydrogens (primary N) is 1. The van der Waals surface area contributed by atoms with Crippen LogP contribution in [0.5, 0.6) is 0 Å². The fourth-order valence-electron chi connectivity index (χ4n) is 1.38. The molecule has 4 N–H and O–H groups in total. The van der Waals surface area contributed by atoms with Crippen LogP contribution in [0.1, 0.15) is 19.3 Å². The Morgan fingerprint density at radius 2 is 2.05 bits per heavy atom. The molecule has 0 aliphatic heterocycles. The fraction of sp³-hybridized carbons (Fsp3) is 0.364. The van der Waals surface area contributed by atoms with Crippen LogP contribution in [0, 0.1) is 0 Å². The average Bonchev–Trinajstić information content (AvgIpc) is 2.31. The van der Waals surface area contributed by atoms with Gasteiger partial charge in [-0.05, 0) is 47.0 Å². The van der Waals surface area contributed by atoms with Crippen LogP contribution in [0.25, 0.3) is 0 Å². The van der Waals surface area contributed by atoms with Crippen LogP contribution in [-0.2, 0) is 14.8 Å². The maximum absolute atomic E-state index is 11.6. The van der Waals surface area contributed by atoms with Crippen molar-refractivity contribution in [2.24, 2.45) is 5.14 Å². The minimum absolute atomic E-state index is 0.0299. The number of sulfonamides is 1. The quantitative estimate of drug-likeness (QED) is 0.669. The van der Waals surface area contributed by atoms with Crippen molar-refractivity contribution in [1.29, 1.82) is 0 Å². The second-order valence-corrected chi connectivity index (χ2v) is 6.33. The molecular weight excluding hydrogens is 336 g/mol. The summed E-state index contributed by atoms with van der Waals surface area (Å²) in [5.41, 5.74) is 0.474. The van der Waals surface area contributed by atoms with E-state index in [1.807, 2.05) is 0 Å². The molecule has 0 saturated carbocycles. The van der Waals surface area contributed by atoms with E-state index in [-0.39, 0.29) is 17.4 Å². The van der Waals surface area contributed by atoms with E-state index in [0.29, 0.717) is 29.4 Å². The Morgan fingerprint density at radius 1 is 1.37 bits per heavy atom.